The summed E-state index contributed by atoms with van der Waals surface area (Å²) in [5.74, 6) is 0.124. The zero-order chi connectivity index (χ0) is 23.7. The normalized spacial score (nSPS) is 35.2. The first-order chi connectivity index (χ1) is 15.2. The van der Waals surface area contributed by atoms with Gasteiger partial charge in [0, 0.05) is 38.8 Å². The molecule has 0 bridgehead atoms. The van der Waals surface area contributed by atoms with Crippen LogP contribution >= 0.6 is 0 Å². The molecular formula is C25H42N2O5. The fourth-order valence-corrected chi connectivity index (χ4v) is 3.93. The summed E-state index contributed by atoms with van der Waals surface area (Å²) >= 11 is 0. The van der Waals surface area contributed by atoms with Crippen LogP contribution in [0.3, 0.4) is 0 Å². The second-order valence-corrected chi connectivity index (χ2v) is 9.32. The highest BCUT2D eigenvalue weighted by Crippen LogP contribution is 2.28. The molecule has 182 valence electrons. The number of hydrogen-bond donors (Lipinski definition) is 2. The van der Waals surface area contributed by atoms with E-state index in [2.05, 4.69) is 43.6 Å². The van der Waals surface area contributed by atoms with E-state index in [9.17, 15) is 4.79 Å². The lowest BCUT2D eigenvalue weighted by Crippen LogP contribution is -2.53. The standard InChI is InChI=1S/C25H42N2O5/c1-17(8-10-21-15-25(5,30-7)12-13-31-21)16-26-24-18(2)14-22(20(4)32-24)27-23(28)11-9-19(3)29-6/h8-11,16,18-22,24,26H,12-15H2,1-7H3,(H,27,28)/b10-8+,11-9-,17-16+. The van der Waals surface area contributed by atoms with Gasteiger partial charge in [0.15, 0.2) is 0 Å². The van der Waals surface area contributed by atoms with Crippen LogP contribution in [-0.4, -0.2) is 62.9 Å². The summed E-state index contributed by atoms with van der Waals surface area (Å²) in [6.07, 6.45) is 11.8. The van der Waals surface area contributed by atoms with Crippen LogP contribution < -0.4 is 10.6 Å². The van der Waals surface area contributed by atoms with Gasteiger partial charge in [0.25, 0.3) is 0 Å². The lowest BCUT2D eigenvalue weighted by Gasteiger charge is -2.39. The van der Waals surface area contributed by atoms with E-state index in [4.69, 9.17) is 18.9 Å². The van der Waals surface area contributed by atoms with Crippen molar-refractivity contribution in [3.05, 3.63) is 36.1 Å². The fourth-order valence-electron chi connectivity index (χ4n) is 3.93. The fraction of sp³-hybridized carbons (Fsp3) is 0.720. The second kappa shape index (κ2) is 12.5. The van der Waals surface area contributed by atoms with E-state index < -0.39 is 0 Å². The van der Waals surface area contributed by atoms with E-state index in [0.717, 1.165) is 24.8 Å². The van der Waals surface area contributed by atoms with Crippen LogP contribution in [0.1, 0.15) is 53.9 Å². The molecule has 2 heterocycles. The SMILES string of the molecule is COC(C)/C=C\C(=O)NC1CC(C)C(N/C=C(C)/C=C/C2CC(C)(OC)CCO2)OC1C. The molecule has 2 fully saturated rings. The maximum atomic E-state index is 12.2. The molecule has 0 saturated carbocycles. The highest BCUT2D eigenvalue weighted by Gasteiger charge is 2.34. The number of hydrogen-bond acceptors (Lipinski definition) is 6. The molecule has 2 aliphatic heterocycles. The Hall–Kier alpha value is -1.67. The molecule has 0 radical (unpaired) electrons. The number of rotatable bonds is 9. The van der Waals surface area contributed by atoms with Crippen LogP contribution in [0.2, 0.25) is 0 Å². The van der Waals surface area contributed by atoms with E-state index in [1.807, 2.05) is 20.0 Å². The Balaban J connectivity index is 1.83. The van der Waals surface area contributed by atoms with Gasteiger partial charge in [0.2, 0.25) is 5.91 Å². The van der Waals surface area contributed by atoms with Crippen molar-refractivity contribution in [1.82, 2.24) is 10.6 Å². The van der Waals surface area contributed by atoms with Crippen LogP contribution in [-0.2, 0) is 23.7 Å². The average molecular weight is 451 g/mol. The molecule has 2 aliphatic rings. The first kappa shape index (κ1) is 26.6. The zero-order valence-electron chi connectivity index (χ0n) is 20.7. The van der Waals surface area contributed by atoms with Gasteiger partial charge in [-0.1, -0.05) is 25.2 Å². The third-order valence-electron chi connectivity index (χ3n) is 6.43. The average Bonchev–Trinajstić information content (AvgIpc) is 2.77. The molecule has 0 aromatic rings. The van der Waals surface area contributed by atoms with Gasteiger partial charge in [0.1, 0.15) is 6.23 Å². The molecule has 7 unspecified atom stereocenters. The molecule has 32 heavy (non-hydrogen) atoms. The van der Waals surface area contributed by atoms with E-state index in [0.29, 0.717) is 6.61 Å². The number of nitrogens with one attached hydrogen (secondary N) is 2. The minimum Gasteiger partial charge on any atom is -0.378 e. The Bertz CT molecular complexity index is 692. The van der Waals surface area contributed by atoms with Crippen LogP contribution in [0.25, 0.3) is 0 Å². The summed E-state index contributed by atoms with van der Waals surface area (Å²) in [6, 6.07) is -0.0263. The molecule has 7 heteroatoms. The Labute approximate surface area is 193 Å². The lowest BCUT2D eigenvalue weighted by atomic mass is 9.92. The molecule has 2 rings (SSSR count). The zero-order valence-corrected chi connectivity index (χ0v) is 20.7. The molecule has 7 atom stereocenters. The van der Waals surface area contributed by atoms with Crippen LogP contribution in [0, 0.1) is 5.92 Å². The third kappa shape index (κ3) is 8.35. The van der Waals surface area contributed by atoms with Gasteiger partial charge < -0.3 is 29.6 Å². The van der Waals surface area contributed by atoms with Gasteiger partial charge in [0.05, 0.1) is 36.6 Å². The highest BCUT2D eigenvalue weighted by atomic mass is 16.5. The highest BCUT2D eigenvalue weighted by molar-refractivity contribution is 5.87. The predicted octanol–water partition coefficient (Wildman–Crippen LogP) is 3.47. The Kier molecular flexibility index (Phi) is 10.4. The first-order valence-electron chi connectivity index (χ1n) is 11.6. The molecule has 0 aromatic heterocycles. The van der Waals surface area contributed by atoms with Gasteiger partial charge in [-0.25, -0.2) is 0 Å². The molecule has 1 amide bonds. The Morgan fingerprint density at radius 1 is 1.25 bits per heavy atom. The summed E-state index contributed by atoms with van der Waals surface area (Å²) in [4.78, 5) is 12.2. The monoisotopic (exact) mass is 450 g/mol. The van der Waals surface area contributed by atoms with E-state index in [-0.39, 0.29) is 48.0 Å². The van der Waals surface area contributed by atoms with Crippen molar-refractivity contribution in [1.29, 1.82) is 0 Å². The summed E-state index contributed by atoms with van der Waals surface area (Å²) in [6.45, 7) is 10.9. The molecular weight excluding hydrogens is 408 g/mol. The van der Waals surface area contributed by atoms with Crippen molar-refractivity contribution >= 4 is 5.91 Å². The van der Waals surface area contributed by atoms with Crippen molar-refractivity contribution in [3.63, 3.8) is 0 Å². The minimum atomic E-state index is -0.122. The molecule has 7 nitrogen and oxygen atoms in total. The number of ether oxygens (including phenoxy) is 4. The number of amides is 1. The second-order valence-electron chi connectivity index (χ2n) is 9.32. The van der Waals surface area contributed by atoms with E-state index >= 15 is 0 Å². The number of allylic oxidation sites excluding steroid dienone is 2. The van der Waals surface area contributed by atoms with Crippen molar-refractivity contribution in [3.8, 4) is 0 Å². The van der Waals surface area contributed by atoms with Crippen LogP contribution in [0.15, 0.2) is 36.1 Å². The molecule has 0 aliphatic carbocycles. The summed E-state index contributed by atoms with van der Waals surface area (Å²) < 4.78 is 22.8. The smallest absolute Gasteiger partial charge is 0.244 e. The van der Waals surface area contributed by atoms with Crippen molar-refractivity contribution in [2.45, 2.75) is 90.1 Å². The van der Waals surface area contributed by atoms with Crippen LogP contribution in [0.5, 0.6) is 0 Å². The van der Waals surface area contributed by atoms with Gasteiger partial charge in [-0.2, -0.15) is 0 Å². The topological polar surface area (TPSA) is 78.1 Å². The largest absolute Gasteiger partial charge is 0.378 e. The third-order valence-corrected chi connectivity index (χ3v) is 6.43. The molecule has 0 spiro atoms. The van der Waals surface area contributed by atoms with Gasteiger partial charge >= 0.3 is 0 Å². The van der Waals surface area contributed by atoms with Gasteiger partial charge in [-0.05, 0) is 46.1 Å². The predicted molar refractivity (Wildman–Crippen MR) is 126 cm³/mol. The number of methoxy groups -OCH3 is 2. The Morgan fingerprint density at radius 3 is 2.69 bits per heavy atom. The Morgan fingerprint density at radius 2 is 2.00 bits per heavy atom. The van der Waals surface area contributed by atoms with Gasteiger partial charge in [-0.3, -0.25) is 4.79 Å². The lowest BCUT2D eigenvalue weighted by molar-refractivity contribution is -0.125. The quantitative estimate of drug-likeness (QED) is 0.414. The summed E-state index contributed by atoms with van der Waals surface area (Å²) in [5, 5.41) is 6.44. The molecule has 2 N–H and O–H groups in total. The van der Waals surface area contributed by atoms with Crippen molar-refractivity contribution in [2.24, 2.45) is 5.92 Å². The molecule has 2 saturated heterocycles. The summed E-state index contributed by atoms with van der Waals surface area (Å²) in [7, 11) is 3.38. The maximum absolute atomic E-state index is 12.2. The minimum absolute atomic E-state index is 0.0263. The van der Waals surface area contributed by atoms with Gasteiger partial charge in [-0.15, -0.1) is 0 Å². The van der Waals surface area contributed by atoms with E-state index in [1.165, 1.54) is 6.08 Å². The summed E-state index contributed by atoms with van der Waals surface area (Å²) in [5.41, 5.74) is 0.976. The number of carbonyl (C=O) groups is 1. The molecule has 0 aromatic carbocycles. The van der Waals surface area contributed by atoms with Crippen LogP contribution in [0.4, 0.5) is 0 Å². The van der Waals surface area contributed by atoms with Crippen molar-refractivity contribution < 1.29 is 23.7 Å². The first-order valence-corrected chi connectivity index (χ1v) is 11.6. The maximum Gasteiger partial charge on any atom is 0.244 e. The number of carbonyl (C=O) groups excluding carboxylic acids is 1. The van der Waals surface area contributed by atoms with Crippen molar-refractivity contribution in [2.75, 3.05) is 20.8 Å². The van der Waals surface area contributed by atoms with E-state index in [1.54, 1.807) is 20.3 Å².